The van der Waals surface area contributed by atoms with Gasteiger partial charge in [0.25, 0.3) is 0 Å². The van der Waals surface area contributed by atoms with Crippen molar-refractivity contribution in [1.29, 1.82) is 0 Å². The lowest BCUT2D eigenvalue weighted by atomic mass is 10.1. The van der Waals surface area contributed by atoms with Crippen LogP contribution in [0.15, 0.2) is 12.3 Å². The van der Waals surface area contributed by atoms with Crippen molar-refractivity contribution in [1.82, 2.24) is 4.98 Å². The fourth-order valence-corrected chi connectivity index (χ4v) is 3.38. The van der Waals surface area contributed by atoms with Crippen LogP contribution in [0.4, 0.5) is 5.69 Å². The second-order valence-corrected chi connectivity index (χ2v) is 6.61. The number of hydrogen-bond donors (Lipinski definition) is 2. The number of aromatic nitrogens is 1. The van der Waals surface area contributed by atoms with Gasteiger partial charge in [-0.25, -0.2) is 4.79 Å². The van der Waals surface area contributed by atoms with Crippen LogP contribution in [0.2, 0.25) is 0 Å². The highest BCUT2D eigenvalue weighted by molar-refractivity contribution is 8.00. The second kappa shape index (κ2) is 5.18. The Bertz CT molecular complexity index is 456. The van der Waals surface area contributed by atoms with Crippen molar-refractivity contribution in [2.45, 2.75) is 31.4 Å². The van der Waals surface area contributed by atoms with E-state index in [-0.39, 0.29) is 10.3 Å². The van der Waals surface area contributed by atoms with Crippen molar-refractivity contribution in [2.24, 2.45) is 0 Å². The monoisotopic (exact) mass is 266 g/mol. The lowest BCUT2D eigenvalue weighted by Crippen LogP contribution is -2.27. The van der Waals surface area contributed by atoms with E-state index < -0.39 is 5.97 Å². The Labute approximate surface area is 111 Å². The van der Waals surface area contributed by atoms with Gasteiger partial charge >= 0.3 is 5.97 Å². The summed E-state index contributed by atoms with van der Waals surface area (Å²) in [6.07, 6.45) is 3.84. The molecule has 5 heteroatoms. The number of carbonyl (C=O) groups is 1. The summed E-state index contributed by atoms with van der Waals surface area (Å²) >= 11 is 1.96. The molecule has 0 aromatic carbocycles. The van der Waals surface area contributed by atoms with Gasteiger partial charge < -0.3 is 10.4 Å². The molecule has 0 spiro atoms. The normalized spacial score (nSPS) is 23.0. The Balaban J connectivity index is 2.12. The van der Waals surface area contributed by atoms with Crippen molar-refractivity contribution in [3.63, 3.8) is 0 Å². The average Bonchev–Trinajstić information content (AvgIpc) is 2.74. The quantitative estimate of drug-likeness (QED) is 0.877. The van der Waals surface area contributed by atoms with E-state index in [9.17, 15) is 4.79 Å². The van der Waals surface area contributed by atoms with Gasteiger partial charge in [0.15, 0.2) is 0 Å². The van der Waals surface area contributed by atoms with Crippen molar-refractivity contribution >= 4 is 23.4 Å². The topological polar surface area (TPSA) is 62.2 Å². The summed E-state index contributed by atoms with van der Waals surface area (Å²) in [7, 11) is 0. The Kier molecular flexibility index (Phi) is 3.80. The maximum absolute atomic E-state index is 11.1. The summed E-state index contributed by atoms with van der Waals surface area (Å²) in [5, 5.41) is 12.4. The molecule has 1 aliphatic heterocycles. The molecule has 0 amide bonds. The van der Waals surface area contributed by atoms with E-state index in [2.05, 4.69) is 17.2 Å². The predicted molar refractivity (Wildman–Crippen MR) is 74.5 cm³/mol. The number of aromatic carboxylic acids is 1. The number of aryl methyl sites for hydroxylation is 1. The third kappa shape index (κ3) is 2.96. The SMILES string of the molecule is Cc1cc(NCC2(C)CCCS2)c(C(=O)O)cn1. The third-order valence-electron chi connectivity index (χ3n) is 3.22. The maximum atomic E-state index is 11.1. The number of anilines is 1. The van der Waals surface area contributed by atoms with E-state index in [1.54, 1.807) is 6.07 Å². The molecule has 18 heavy (non-hydrogen) atoms. The first-order chi connectivity index (χ1) is 8.50. The zero-order chi connectivity index (χ0) is 13.2. The number of pyridine rings is 1. The molecule has 2 heterocycles. The van der Waals surface area contributed by atoms with Gasteiger partial charge in [0, 0.05) is 23.2 Å². The average molecular weight is 266 g/mol. The number of nitrogens with zero attached hydrogens (tertiary/aromatic N) is 1. The van der Waals surface area contributed by atoms with E-state index in [1.165, 1.54) is 24.8 Å². The molecule has 4 nitrogen and oxygen atoms in total. The standard InChI is InChI=1S/C13H18N2O2S/c1-9-6-11(10(7-14-9)12(16)17)15-8-13(2)4-3-5-18-13/h6-7H,3-5,8H2,1-2H3,(H,14,15)(H,16,17). The van der Waals surface area contributed by atoms with Gasteiger partial charge in [-0.2, -0.15) is 11.8 Å². The Hall–Kier alpha value is -1.23. The van der Waals surface area contributed by atoms with E-state index in [1.807, 2.05) is 18.7 Å². The van der Waals surface area contributed by atoms with E-state index in [0.717, 1.165) is 12.2 Å². The number of nitrogens with one attached hydrogen (secondary N) is 1. The molecule has 2 N–H and O–H groups in total. The molecule has 0 aliphatic carbocycles. The minimum Gasteiger partial charge on any atom is -0.478 e. The van der Waals surface area contributed by atoms with Gasteiger partial charge in [-0.1, -0.05) is 0 Å². The van der Waals surface area contributed by atoms with Crippen LogP contribution in [-0.2, 0) is 0 Å². The second-order valence-electron chi connectivity index (χ2n) is 4.93. The summed E-state index contributed by atoms with van der Waals surface area (Å²) in [4.78, 5) is 15.2. The highest BCUT2D eigenvalue weighted by Gasteiger charge is 2.29. The Morgan fingerprint density at radius 3 is 3.06 bits per heavy atom. The fourth-order valence-electron chi connectivity index (χ4n) is 2.13. The lowest BCUT2D eigenvalue weighted by Gasteiger charge is -2.24. The summed E-state index contributed by atoms with van der Waals surface area (Å²) in [6.45, 7) is 4.89. The molecule has 1 unspecified atom stereocenters. The molecule has 0 bridgehead atoms. The third-order valence-corrected chi connectivity index (χ3v) is 4.76. The van der Waals surface area contributed by atoms with Crippen LogP contribution in [0.3, 0.4) is 0 Å². The van der Waals surface area contributed by atoms with E-state index in [4.69, 9.17) is 5.11 Å². The van der Waals surface area contributed by atoms with Gasteiger partial charge in [0.2, 0.25) is 0 Å². The molecule has 1 atom stereocenters. The number of hydrogen-bond acceptors (Lipinski definition) is 4. The first-order valence-electron chi connectivity index (χ1n) is 6.08. The van der Waals surface area contributed by atoms with Gasteiger partial charge in [-0.15, -0.1) is 0 Å². The number of thioether (sulfide) groups is 1. The van der Waals surface area contributed by atoms with Crippen LogP contribution in [0, 0.1) is 6.92 Å². The highest BCUT2D eigenvalue weighted by Crippen LogP contribution is 2.37. The number of carboxylic acids is 1. The predicted octanol–water partition coefficient (Wildman–Crippen LogP) is 2.79. The van der Waals surface area contributed by atoms with Crippen LogP contribution in [-0.4, -0.2) is 33.1 Å². The van der Waals surface area contributed by atoms with E-state index in [0.29, 0.717) is 5.69 Å². The lowest BCUT2D eigenvalue weighted by molar-refractivity contribution is 0.0697. The number of rotatable bonds is 4. The fraction of sp³-hybridized carbons (Fsp3) is 0.538. The largest absolute Gasteiger partial charge is 0.478 e. The minimum atomic E-state index is -0.936. The number of carboxylic acid groups (broad SMARTS) is 1. The summed E-state index contributed by atoms with van der Waals surface area (Å²) in [6, 6.07) is 1.80. The molecule has 98 valence electrons. The first-order valence-corrected chi connectivity index (χ1v) is 7.06. The minimum absolute atomic E-state index is 0.215. The van der Waals surface area contributed by atoms with Crippen molar-refractivity contribution < 1.29 is 9.90 Å². The van der Waals surface area contributed by atoms with Crippen molar-refractivity contribution in [2.75, 3.05) is 17.6 Å². The molecule has 1 fully saturated rings. The molecular weight excluding hydrogens is 248 g/mol. The molecular formula is C13H18N2O2S. The van der Waals surface area contributed by atoms with Gasteiger partial charge in [0.05, 0.1) is 5.69 Å². The summed E-state index contributed by atoms with van der Waals surface area (Å²) in [5.74, 6) is 0.258. The van der Waals surface area contributed by atoms with Gasteiger partial charge in [0.1, 0.15) is 5.56 Å². The molecule has 0 radical (unpaired) electrons. The Morgan fingerprint density at radius 2 is 2.44 bits per heavy atom. The van der Waals surface area contributed by atoms with E-state index >= 15 is 0 Å². The van der Waals surface area contributed by atoms with Crippen LogP contribution < -0.4 is 5.32 Å². The van der Waals surface area contributed by atoms with Crippen molar-refractivity contribution in [3.05, 3.63) is 23.5 Å². The molecule has 1 saturated heterocycles. The molecule has 2 rings (SSSR count). The van der Waals surface area contributed by atoms with Crippen LogP contribution in [0.25, 0.3) is 0 Å². The maximum Gasteiger partial charge on any atom is 0.339 e. The molecule has 1 aliphatic rings. The highest BCUT2D eigenvalue weighted by atomic mass is 32.2. The van der Waals surface area contributed by atoms with Crippen molar-refractivity contribution in [3.8, 4) is 0 Å². The Morgan fingerprint density at radius 1 is 1.67 bits per heavy atom. The van der Waals surface area contributed by atoms with Crippen LogP contribution in [0.5, 0.6) is 0 Å². The smallest absolute Gasteiger partial charge is 0.339 e. The summed E-state index contributed by atoms with van der Waals surface area (Å²) in [5.41, 5.74) is 1.74. The summed E-state index contributed by atoms with van der Waals surface area (Å²) < 4.78 is 0.215. The molecule has 1 aromatic heterocycles. The first kappa shape index (κ1) is 13.2. The molecule has 1 aromatic rings. The molecule has 0 saturated carbocycles. The zero-order valence-electron chi connectivity index (χ0n) is 10.7. The van der Waals surface area contributed by atoms with Gasteiger partial charge in [-0.05, 0) is 38.5 Å². The van der Waals surface area contributed by atoms with Gasteiger partial charge in [-0.3, -0.25) is 4.98 Å². The zero-order valence-corrected chi connectivity index (χ0v) is 11.5. The van der Waals surface area contributed by atoms with Crippen LogP contribution in [0.1, 0.15) is 35.8 Å². The van der Waals surface area contributed by atoms with Crippen LogP contribution >= 0.6 is 11.8 Å².